The molecular formula is C51H34N2S. The van der Waals surface area contributed by atoms with E-state index in [0.29, 0.717) is 0 Å². The van der Waals surface area contributed by atoms with Crippen LogP contribution in [0.3, 0.4) is 0 Å². The molecule has 0 aliphatic heterocycles. The molecule has 0 saturated heterocycles. The number of aromatic nitrogens is 1. The molecule has 8 aromatic carbocycles. The number of benzene rings is 8. The highest BCUT2D eigenvalue weighted by molar-refractivity contribution is 7.25. The third-order valence-electron chi connectivity index (χ3n) is 12.2. The number of fused-ring (bicyclic) bond motifs is 12. The van der Waals surface area contributed by atoms with E-state index >= 15 is 0 Å². The second kappa shape index (κ2) is 11.3. The first kappa shape index (κ1) is 30.1. The average molecular weight is 707 g/mol. The van der Waals surface area contributed by atoms with E-state index in [2.05, 4.69) is 191 Å². The lowest BCUT2D eigenvalue weighted by Crippen LogP contribution is -2.26. The van der Waals surface area contributed by atoms with Crippen molar-refractivity contribution in [3.05, 3.63) is 204 Å². The topological polar surface area (TPSA) is 8.17 Å². The molecular weight excluding hydrogens is 673 g/mol. The molecule has 0 atom stereocenters. The molecule has 2 aliphatic carbocycles. The van der Waals surface area contributed by atoms with Gasteiger partial charge in [-0.05, 0) is 119 Å². The van der Waals surface area contributed by atoms with Gasteiger partial charge in [-0.15, -0.1) is 11.3 Å². The SMILES string of the molecule is c1ccc(-n2c3ccccc3c3cc(N(c4ccc5c(c4)C4(Cc6ccccc6C4)c4ccccc4-5)c4ccc5sc6ccccc6c5c4)ccc32)cc1. The number of hydrogen-bond donors (Lipinski definition) is 0. The number of thiophene rings is 1. The third-order valence-corrected chi connectivity index (χ3v) is 13.3. The standard InChI is InChI=1S/C51H34N2S/c1-2-14-35(15-3-1)53-47-20-10-7-17-41(47)43-28-36(23-26-48(43)53)52(37-24-27-50-44(29-37)42-18-8-11-21-49(42)54-50)38-22-25-40-39-16-6-9-19-45(39)51(46(40)30-38)31-33-12-4-5-13-34(33)32-51/h1-30H,31-32H2. The second-order valence-electron chi connectivity index (χ2n) is 15.0. The zero-order valence-electron chi connectivity index (χ0n) is 29.5. The van der Waals surface area contributed by atoms with E-state index in [0.717, 1.165) is 24.2 Å². The largest absolute Gasteiger partial charge is 0.310 e. The second-order valence-corrected chi connectivity index (χ2v) is 16.1. The van der Waals surface area contributed by atoms with Crippen molar-refractivity contribution in [2.75, 3.05) is 4.90 Å². The summed E-state index contributed by atoms with van der Waals surface area (Å²) in [7, 11) is 0. The fraction of sp³-hybridized carbons (Fsp3) is 0.0588. The number of nitrogens with zero attached hydrogens (tertiary/aromatic N) is 2. The molecule has 0 unspecified atom stereocenters. The van der Waals surface area contributed by atoms with Crippen LogP contribution in [0.25, 0.3) is 58.8 Å². The van der Waals surface area contributed by atoms with Gasteiger partial charge in [-0.25, -0.2) is 0 Å². The molecule has 0 radical (unpaired) electrons. The highest BCUT2D eigenvalue weighted by Gasteiger charge is 2.47. The first-order chi connectivity index (χ1) is 26.7. The summed E-state index contributed by atoms with van der Waals surface area (Å²) in [6.07, 6.45) is 2.04. The van der Waals surface area contributed by atoms with Gasteiger partial charge in [0.15, 0.2) is 0 Å². The van der Waals surface area contributed by atoms with E-state index in [9.17, 15) is 0 Å². The minimum Gasteiger partial charge on any atom is -0.310 e. The third kappa shape index (κ3) is 4.22. The van der Waals surface area contributed by atoms with Crippen molar-refractivity contribution < 1.29 is 0 Å². The Kier molecular flexibility index (Phi) is 6.29. The number of rotatable bonds is 4. The van der Waals surface area contributed by atoms with Crippen molar-refractivity contribution in [3.8, 4) is 16.8 Å². The lowest BCUT2D eigenvalue weighted by molar-refractivity contribution is 0.563. The Balaban J connectivity index is 1.11. The fourth-order valence-corrected chi connectivity index (χ4v) is 10.9. The molecule has 3 heteroatoms. The summed E-state index contributed by atoms with van der Waals surface area (Å²) in [6, 6.07) is 67.9. The monoisotopic (exact) mass is 706 g/mol. The molecule has 2 aliphatic rings. The number of para-hydroxylation sites is 2. The lowest BCUT2D eigenvalue weighted by Gasteiger charge is -2.30. The quantitative estimate of drug-likeness (QED) is 0.177. The van der Waals surface area contributed by atoms with Crippen molar-refractivity contribution in [1.82, 2.24) is 4.57 Å². The Morgan fingerprint density at radius 3 is 1.87 bits per heavy atom. The lowest BCUT2D eigenvalue weighted by atomic mass is 9.75. The van der Waals surface area contributed by atoms with Gasteiger partial charge >= 0.3 is 0 Å². The highest BCUT2D eigenvalue weighted by atomic mass is 32.1. The Morgan fingerprint density at radius 1 is 0.426 bits per heavy atom. The van der Waals surface area contributed by atoms with Crippen LogP contribution in [0.5, 0.6) is 0 Å². The van der Waals surface area contributed by atoms with Crippen LogP contribution in [-0.4, -0.2) is 4.57 Å². The van der Waals surface area contributed by atoms with E-state index in [4.69, 9.17) is 0 Å². The molecule has 10 aromatic rings. The van der Waals surface area contributed by atoms with E-state index in [1.54, 1.807) is 0 Å². The molecule has 54 heavy (non-hydrogen) atoms. The van der Waals surface area contributed by atoms with E-state index < -0.39 is 0 Å². The van der Waals surface area contributed by atoms with Crippen molar-refractivity contribution in [2.45, 2.75) is 18.3 Å². The molecule has 0 fully saturated rings. The molecule has 2 aromatic heterocycles. The predicted octanol–water partition coefficient (Wildman–Crippen LogP) is 13.7. The van der Waals surface area contributed by atoms with Crippen molar-refractivity contribution in [3.63, 3.8) is 0 Å². The Bertz CT molecular complexity index is 3100. The predicted molar refractivity (Wildman–Crippen MR) is 228 cm³/mol. The van der Waals surface area contributed by atoms with Crippen molar-refractivity contribution in [2.24, 2.45) is 0 Å². The summed E-state index contributed by atoms with van der Waals surface area (Å²) >= 11 is 1.87. The average Bonchev–Trinajstić information content (AvgIpc) is 3.97. The van der Waals surface area contributed by atoms with E-state index in [-0.39, 0.29) is 5.41 Å². The Morgan fingerprint density at radius 2 is 1.02 bits per heavy atom. The molecule has 2 nitrogen and oxygen atoms in total. The molecule has 0 saturated carbocycles. The van der Waals surface area contributed by atoms with Crippen LogP contribution in [0.4, 0.5) is 17.1 Å². The molecule has 2 heterocycles. The molecule has 0 N–H and O–H groups in total. The molecule has 0 amide bonds. The van der Waals surface area contributed by atoms with Gasteiger partial charge in [0.2, 0.25) is 0 Å². The normalized spacial score (nSPS) is 13.9. The van der Waals surface area contributed by atoms with Crippen molar-refractivity contribution >= 4 is 70.4 Å². The van der Waals surface area contributed by atoms with Gasteiger partial charge in [0.25, 0.3) is 0 Å². The van der Waals surface area contributed by atoms with Crippen LogP contribution in [0.15, 0.2) is 182 Å². The first-order valence-corrected chi connectivity index (χ1v) is 19.7. The number of hydrogen-bond acceptors (Lipinski definition) is 2. The van der Waals surface area contributed by atoms with E-state index in [1.165, 1.54) is 86.7 Å². The van der Waals surface area contributed by atoms with E-state index in [1.807, 2.05) is 11.3 Å². The molecule has 12 rings (SSSR count). The van der Waals surface area contributed by atoms with Crippen LogP contribution in [0.2, 0.25) is 0 Å². The molecule has 1 spiro atoms. The van der Waals surface area contributed by atoms with Gasteiger partial charge in [-0.3, -0.25) is 0 Å². The Labute approximate surface area is 317 Å². The summed E-state index contributed by atoms with van der Waals surface area (Å²) < 4.78 is 5.04. The minimum atomic E-state index is -0.0854. The first-order valence-electron chi connectivity index (χ1n) is 18.8. The maximum Gasteiger partial charge on any atom is 0.0542 e. The summed E-state index contributed by atoms with van der Waals surface area (Å²) in [5, 5.41) is 5.11. The van der Waals surface area contributed by atoms with Gasteiger partial charge < -0.3 is 9.47 Å². The highest BCUT2D eigenvalue weighted by Crippen LogP contribution is 2.56. The summed E-state index contributed by atoms with van der Waals surface area (Å²) in [6.45, 7) is 0. The van der Waals surface area contributed by atoms with Gasteiger partial charge in [-0.2, -0.15) is 0 Å². The molecule has 254 valence electrons. The Hall–Kier alpha value is -6.42. The van der Waals surface area contributed by atoms with Crippen LogP contribution in [-0.2, 0) is 18.3 Å². The van der Waals surface area contributed by atoms with Crippen molar-refractivity contribution in [1.29, 1.82) is 0 Å². The van der Waals surface area contributed by atoms with Crippen LogP contribution in [0.1, 0.15) is 22.3 Å². The maximum atomic E-state index is 2.52. The minimum absolute atomic E-state index is 0.0854. The van der Waals surface area contributed by atoms with Gasteiger partial charge in [0, 0.05) is 59.1 Å². The smallest absolute Gasteiger partial charge is 0.0542 e. The molecule has 0 bridgehead atoms. The number of anilines is 3. The van der Waals surface area contributed by atoms with Crippen LogP contribution < -0.4 is 4.90 Å². The zero-order valence-corrected chi connectivity index (χ0v) is 30.4. The van der Waals surface area contributed by atoms with Gasteiger partial charge in [0.05, 0.1) is 11.0 Å². The zero-order chi connectivity index (χ0) is 35.4. The fourth-order valence-electron chi connectivity index (χ4n) is 9.83. The maximum absolute atomic E-state index is 2.52. The summed E-state index contributed by atoms with van der Waals surface area (Å²) in [4.78, 5) is 2.50. The van der Waals surface area contributed by atoms with Crippen LogP contribution >= 0.6 is 11.3 Å². The van der Waals surface area contributed by atoms with Gasteiger partial charge in [-0.1, -0.05) is 109 Å². The van der Waals surface area contributed by atoms with Gasteiger partial charge in [0.1, 0.15) is 0 Å². The summed E-state index contributed by atoms with van der Waals surface area (Å²) in [5.74, 6) is 0. The van der Waals surface area contributed by atoms with Crippen LogP contribution in [0, 0.1) is 0 Å². The summed E-state index contributed by atoms with van der Waals surface area (Å²) in [5.41, 5.74) is 15.6.